The number of hydrogen-bond acceptors (Lipinski definition) is 10. The van der Waals surface area contributed by atoms with Crippen molar-refractivity contribution >= 4 is 11.0 Å². The highest BCUT2D eigenvalue weighted by Gasteiger charge is 2.45. The number of aliphatic hydroxyl groups is 4. The minimum atomic E-state index is -1.68. The van der Waals surface area contributed by atoms with Crippen molar-refractivity contribution in [2.24, 2.45) is 0 Å². The molecule has 142 valence electrons. The topological polar surface area (TPSA) is 159 Å². The van der Waals surface area contributed by atoms with Gasteiger partial charge in [-0.2, -0.15) is 0 Å². The van der Waals surface area contributed by atoms with Crippen LogP contribution in [0.15, 0.2) is 27.4 Å². The van der Waals surface area contributed by atoms with Crippen LogP contribution in [0.1, 0.15) is 0 Å². The van der Waals surface area contributed by atoms with Crippen molar-refractivity contribution in [3.8, 4) is 17.2 Å². The highest BCUT2D eigenvalue weighted by Crippen LogP contribution is 2.43. The van der Waals surface area contributed by atoms with E-state index in [2.05, 4.69) is 0 Å². The second kappa shape index (κ2) is 7.09. The molecule has 0 radical (unpaired) electrons. The quantitative estimate of drug-likeness (QED) is 0.409. The van der Waals surface area contributed by atoms with E-state index in [0.29, 0.717) is 5.39 Å². The van der Waals surface area contributed by atoms with E-state index in [-0.39, 0.29) is 17.1 Å². The number of phenolic OH excluding ortho intramolecular Hbond substituents is 1. The molecular weight excluding hydrogens is 352 g/mol. The van der Waals surface area contributed by atoms with Crippen molar-refractivity contribution < 1.29 is 44.2 Å². The standard InChI is InChI=1S/C16H18O10/c1-23-7-4-6-2-3-9(18)25-14(6)13(22)15(7)26-16-12(21)11(20)10(19)8(5-17)24-16/h2-4,8,10-12,16-17,19-22H,5H2,1H3. The van der Waals surface area contributed by atoms with Crippen molar-refractivity contribution in [3.63, 3.8) is 0 Å². The minimum Gasteiger partial charge on any atom is -0.502 e. The predicted octanol–water partition coefficient (Wildman–Crippen LogP) is -1.31. The summed E-state index contributed by atoms with van der Waals surface area (Å²) < 4.78 is 20.8. The van der Waals surface area contributed by atoms with Gasteiger partial charge in [0.1, 0.15) is 24.4 Å². The Morgan fingerprint density at radius 2 is 1.88 bits per heavy atom. The van der Waals surface area contributed by atoms with E-state index >= 15 is 0 Å². The summed E-state index contributed by atoms with van der Waals surface area (Å²) in [7, 11) is 1.31. The maximum atomic E-state index is 11.4. The number of fused-ring (bicyclic) bond motifs is 1. The Labute approximate surface area is 146 Å². The zero-order valence-electron chi connectivity index (χ0n) is 13.6. The molecule has 0 saturated carbocycles. The zero-order chi connectivity index (χ0) is 19.0. The van der Waals surface area contributed by atoms with E-state index in [4.69, 9.17) is 18.6 Å². The van der Waals surface area contributed by atoms with Gasteiger partial charge >= 0.3 is 5.63 Å². The molecule has 10 heteroatoms. The van der Waals surface area contributed by atoms with Crippen LogP contribution in [0.2, 0.25) is 0 Å². The van der Waals surface area contributed by atoms with Gasteiger partial charge in [0.05, 0.1) is 13.7 Å². The first-order valence-electron chi connectivity index (χ1n) is 7.68. The fourth-order valence-electron chi connectivity index (χ4n) is 2.70. The van der Waals surface area contributed by atoms with E-state index in [9.17, 15) is 30.3 Å². The van der Waals surface area contributed by atoms with Gasteiger partial charge in [-0.1, -0.05) is 0 Å². The molecule has 0 bridgehead atoms. The van der Waals surface area contributed by atoms with Crippen molar-refractivity contribution in [3.05, 3.63) is 28.6 Å². The van der Waals surface area contributed by atoms with Crippen LogP contribution in [-0.4, -0.2) is 70.0 Å². The maximum Gasteiger partial charge on any atom is 0.336 e. The fourth-order valence-corrected chi connectivity index (χ4v) is 2.70. The van der Waals surface area contributed by atoms with E-state index in [1.54, 1.807) is 0 Å². The molecule has 5 N–H and O–H groups in total. The Kier molecular flexibility index (Phi) is 5.03. The average molecular weight is 370 g/mol. The van der Waals surface area contributed by atoms with E-state index in [0.717, 1.165) is 0 Å². The smallest absolute Gasteiger partial charge is 0.336 e. The van der Waals surface area contributed by atoms with E-state index < -0.39 is 48.7 Å². The Hall–Kier alpha value is -2.37. The number of phenols is 1. The van der Waals surface area contributed by atoms with Crippen LogP contribution < -0.4 is 15.1 Å². The molecule has 0 aliphatic carbocycles. The average Bonchev–Trinajstić information content (AvgIpc) is 2.64. The third-order valence-electron chi connectivity index (χ3n) is 4.11. The van der Waals surface area contributed by atoms with Crippen LogP contribution >= 0.6 is 0 Å². The van der Waals surface area contributed by atoms with Crippen molar-refractivity contribution in [1.29, 1.82) is 0 Å². The molecule has 5 unspecified atom stereocenters. The summed E-state index contributed by atoms with van der Waals surface area (Å²) in [6, 6.07) is 4.01. The summed E-state index contributed by atoms with van der Waals surface area (Å²) in [4.78, 5) is 11.4. The first-order valence-corrected chi connectivity index (χ1v) is 7.68. The first-order chi connectivity index (χ1) is 12.4. The Morgan fingerprint density at radius 3 is 2.54 bits per heavy atom. The molecule has 1 saturated heterocycles. The summed E-state index contributed by atoms with van der Waals surface area (Å²) in [6.07, 6.45) is -7.63. The molecule has 2 aromatic rings. The Bertz CT molecular complexity index is 845. The Balaban J connectivity index is 2.02. The summed E-state index contributed by atoms with van der Waals surface area (Å²) in [5.74, 6) is -0.839. The number of methoxy groups -OCH3 is 1. The lowest BCUT2D eigenvalue weighted by Crippen LogP contribution is -2.60. The second-order valence-electron chi connectivity index (χ2n) is 5.74. The maximum absolute atomic E-state index is 11.4. The number of hydrogen-bond donors (Lipinski definition) is 5. The lowest BCUT2D eigenvalue weighted by Gasteiger charge is -2.39. The Morgan fingerprint density at radius 1 is 1.15 bits per heavy atom. The van der Waals surface area contributed by atoms with Gasteiger partial charge in [0.25, 0.3) is 0 Å². The van der Waals surface area contributed by atoms with Gasteiger partial charge < -0.3 is 44.2 Å². The molecule has 1 fully saturated rings. The fraction of sp³-hybridized carbons (Fsp3) is 0.438. The molecule has 0 spiro atoms. The molecule has 3 rings (SSSR count). The van der Waals surface area contributed by atoms with Crippen molar-refractivity contribution in [1.82, 2.24) is 0 Å². The molecule has 1 aromatic heterocycles. The highest BCUT2D eigenvalue weighted by molar-refractivity contribution is 5.87. The number of aromatic hydroxyl groups is 1. The van der Waals surface area contributed by atoms with Crippen LogP contribution in [0.5, 0.6) is 17.2 Å². The molecular formula is C16H18O10. The minimum absolute atomic E-state index is 0.0424. The third kappa shape index (κ3) is 3.08. The second-order valence-corrected chi connectivity index (χ2v) is 5.74. The van der Waals surface area contributed by atoms with Gasteiger partial charge in [-0.05, 0) is 12.1 Å². The summed E-state index contributed by atoms with van der Waals surface area (Å²) >= 11 is 0. The van der Waals surface area contributed by atoms with Crippen LogP contribution in [-0.2, 0) is 4.74 Å². The molecule has 10 nitrogen and oxygen atoms in total. The third-order valence-corrected chi connectivity index (χ3v) is 4.11. The van der Waals surface area contributed by atoms with Crippen molar-refractivity contribution in [2.75, 3.05) is 13.7 Å². The lowest BCUT2D eigenvalue weighted by atomic mass is 9.99. The SMILES string of the molecule is COc1cc2ccc(=O)oc2c(O)c1OC1OC(CO)C(O)C(O)C1O. The predicted molar refractivity (Wildman–Crippen MR) is 85.1 cm³/mol. The molecule has 26 heavy (non-hydrogen) atoms. The molecule has 1 aliphatic rings. The van der Waals surface area contributed by atoms with Crippen LogP contribution in [0.4, 0.5) is 0 Å². The van der Waals surface area contributed by atoms with Crippen molar-refractivity contribution in [2.45, 2.75) is 30.7 Å². The van der Waals surface area contributed by atoms with Gasteiger partial charge in [0.15, 0.2) is 11.3 Å². The van der Waals surface area contributed by atoms with Gasteiger partial charge in [-0.25, -0.2) is 4.79 Å². The van der Waals surface area contributed by atoms with Crippen LogP contribution in [0.3, 0.4) is 0 Å². The normalized spacial score (nSPS) is 28.9. The van der Waals surface area contributed by atoms with Crippen LogP contribution in [0, 0.1) is 0 Å². The van der Waals surface area contributed by atoms with Gasteiger partial charge in [-0.15, -0.1) is 0 Å². The van der Waals surface area contributed by atoms with Gasteiger partial charge in [0.2, 0.25) is 17.8 Å². The molecule has 0 amide bonds. The molecule has 1 aliphatic heterocycles. The van der Waals surface area contributed by atoms with E-state index in [1.165, 1.54) is 25.3 Å². The van der Waals surface area contributed by atoms with Crippen LogP contribution in [0.25, 0.3) is 11.0 Å². The largest absolute Gasteiger partial charge is 0.502 e. The zero-order valence-corrected chi connectivity index (χ0v) is 13.6. The molecule has 5 atom stereocenters. The number of rotatable bonds is 4. The van der Waals surface area contributed by atoms with E-state index in [1.807, 2.05) is 0 Å². The molecule has 2 heterocycles. The van der Waals surface area contributed by atoms with Gasteiger partial charge in [0, 0.05) is 11.5 Å². The monoisotopic (exact) mass is 370 g/mol. The van der Waals surface area contributed by atoms with Gasteiger partial charge in [-0.3, -0.25) is 0 Å². The summed E-state index contributed by atoms with van der Waals surface area (Å²) in [5, 5.41) is 49.7. The number of ether oxygens (including phenoxy) is 3. The highest BCUT2D eigenvalue weighted by atomic mass is 16.7. The molecule has 1 aromatic carbocycles. The first kappa shape index (κ1) is 18.4. The number of benzene rings is 1. The summed E-state index contributed by atoms with van der Waals surface area (Å²) in [6.45, 7) is -0.638. The number of aliphatic hydroxyl groups excluding tert-OH is 4. The summed E-state index contributed by atoms with van der Waals surface area (Å²) in [5.41, 5.74) is -0.866. The lowest BCUT2D eigenvalue weighted by molar-refractivity contribution is -0.277.